The molecule has 1 fully saturated rings. The zero-order chi connectivity index (χ0) is 23.4. The van der Waals surface area contributed by atoms with Gasteiger partial charge in [0, 0.05) is 35.3 Å². The second-order valence-electron chi connectivity index (χ2n) is 7.55. The Balaban J connectivity index is 1.39. The zero-order valence-corrected chi connectivity index (χ0v) is 20.2. The van der Waals surface area contributed by atoms with E-state index in [1.165, 1.54) is 17.5 Å². The van der Waals surface area contributed by atoms with Gasteiger partial charge in [0.25, 0.3) is 5.91 Å². The first-order valence-corrected chi connectivity index (χ1v) is 12.2. The molecule has 10 heteroatoms. The molecule has 1 amide bonds. The number of hydrogen-bond acceptors (Lipinski definition) is 7. The quantitative estimate of drug-likeness (QED) is 0.443. The minimum Gasteiger partial charge on any atom is -0.466 e. The van der Waals surface area contributed by atoms with E-state index in [1.54, 1.807) is 19.1 Å². The van der Waals surface area contributed by atoms with Crippen LogP contribution in [0.4, 0.5) is 10.9 Å². The Morgan fingerprint density at radius 1 is 1.24 bits per heavy atom. The van der Waals surface area contributed by atoms with Gasteiger partial charge in [0.1, 0.15) is 5.82 Å². The number of nitrogens with one attached hydrogen (secondary N) is 1. The van der Waals surface area contributed by atoms with Crippen LogP contribution in [-0.4, -0.2) is 41.5 Å². The minimum absolute atomic E-state index is 0.0971. The third kappa shape index (κ3) is 5.63. The van der Waals surface area contributed by atoms with Crippen molar-refractivity contribution in [3.63, 3.8) is 0 Å². The first-order chi connectivity index (χ1) is 15.9. The lowest BCUT2D eigenvalue weighted by atomic mass is 9.97. The van der Waals surface area contributed by atoms with Gasteiger partial charge in [-0.2, -0.15) is 0 Å². The summed E-state index contributed by atoms with van der Waals surface area (Å²) in [7, 11) is 0. The number of benzene rings is 1. The standard InChI is InChI=1S/C23H22Cl2N4O3S/c1-2-32-22(31)14-6-8-29(9-7-14)20-18(25)11-16(12-26-20)21(30)28-23-27-19(13-33-23)15-4-3-5-17(24)10-15/h3-5,10-14H,2,6-9H2,1H3,(H,27,28,30). The Morgan fingerprint density at radius 2 is 2.03 bits per heavy atom. The van der Waals surface area contributed by atoms with Gasteiger partial charge in [0.15, 0.2) is 5.13 Å². The Kier molecular flexibility index (Phi) is 7.47. The molecule has 0 atom stereocenters. The lowest BCUT2D eigenvalue weighted by molar-refractivity contribution is -0.148. The molecule has 0 saturated carbocycles. The molecule has 0 aliphatic carbocycles. The molecule has 0 radical (unpaired) electrons. The normalized spacial score (nSPS) is 14.2. The average Bonchev–Trinajstić information content (AvgIpc) is 3.28. The van der Waals surface area contributed by atoms with E-state index in [0.29, 0.717) is 59.1 Å². The number of ether oxygens (including phenoxy) is 1. The van der Waals surface area contributed by atoms with Gasteiger partial charge >= 0.3 is 5.97 Å². The van der Waals surface area contributed by atoms with Crippen molar-refractivity contribution in [3.05, 3.63) is 57.5 Å². The number of thiazole rings is 1. The van der Waals surface area contributed by atoms with Crippen molar-refractivity contribution < 1.29 is 14.3 Å². The molecule has 1 aliphatic rings. The smallest absolute Gasteiger partial charge is 0.309 e. The van der Waals surface area contributed by atoms with Gasteiger partial charge < -0.3 is 9.64 Å². The summed E-state index contributed by atoms with van der Waals surface area (Å²) in [4.78, 5) is 35.5. The summed E-state index contributed by atoms with van der Waals surface area (Å²) in [5, 5.41) is 6.12. The van der Waals surface area contributed by atoms with Gasteiger partial charge in [0.2, 0.25) is 0 Å². The Morgan fingerprint density at radius 3 is 2.73 bits per heavy atom. The fraction of sp³-hybridized carbons (Fsp3) is 0.304. The maximum absolute atomic E-state index is 12.7. The van der Waals surface area contributed by atoms with Crippen LogP contribution in [0.2, 0.25) is 10.0 Å². The zero-order valence-electron chi connectivity index (χ0n) is 17.9. The molecule has 1 aromatic carbocycles. The number of carbonyl (C=O) groups is 2. The fourth-order valence-corrected chi connectivity index (χ4v) is 4.85. The summed E-state index contributed by atoms with van der Waals surface area (Å²) < 4.78 is 5.12. The molecular formula is C23H22Cl2N4O3S. The van der Waals surface area contributed by atoms with Crippen molar-refractivity contribution in [3.8, 4) is 11.3 Å². The van der Waals surface area contributed by atoms with Crippen LogP contribution in [-0.2, 0) is 9.53 Å². The summed E-state index contributed by atoms with van der Waals surface area (Å²) in [6, 6.07) is 8.97. The number of anilines is 2. The van der Waals surface area contributed by atoms with Crippen LogP contribution in [0.1, 0.15) is 30.1 Å². The first-order valence-electron chi connectivity index (χ1n) is 10.5. The van der Waals surface area contributed by atoms with E-state index in [4.69, 9.17) is 27.9 Å². The van der Waals surface area contributed by atoms with E-state index in [9.17, 15) is 9.59 Å². The van der Waals surface area contributed by atoms with Gasteiger partial charge in [0.05, 0.1) is 28.8 Å². The third-order valence-corrected chi connectivity index (χ3v) is 6.61. The van der Waals surface area contributed by atoms with Gasteiger partial charge in [-0.15, -0.1) is 11.3 Å². The summed E-state index contributed by atoms with van der Waals surface area (Å²) in [6.07, 6.45) is 2.86. The van der Waals surface area contributed by atoms with E-state index in [-0.39, 0.29) is 17.8 Å². The van der Waals surface area contributed by atoms with Crippen molar-refractivity contribution in [2.24, 2.45) is 5.92 Å². The summed E-state index contributed by atoms with van der Waals surface area (Å²) >= 11 is 13.8. The number of nitrogens with zero attached hydrogens (tertiary/aromatic N) is 3. The maximum Gasteiger partial charge on any atom is 0.309 e. The number of hydrogen-bond donors (Lipinski definition) is 1. The van der Waals surface area contributed by atoms with Crippen LogP contribution in [0.25, 0.3) is 11.3 Å². The average molecular weight is 505 g/mol. The predicted octanol–water partition coefficient (Wildman–Crippen LogP) is 5.54. The van der Waals surface area contributed by atoms with E-state index >= 15 is 0 Å². The second-order valence-corrected chi connectivity index (χ2v) is 9.25. The monoisotopic (exact) mass is 504 g/mol. The molecule has 172 valence electrons. The minimum atomic E-state index is -0.344. The molecule has 0 bridgehead atoms. The van der Waals surface area contributed by atoms with E-state index < -0.39 is 0 Å². The van der Waals surface area contributed by atoms with Crippen LogP contribution in [0.5, 0.6) is 0 Å². The van der Waals surface area contributed by atoms with Crippen molar-refractivity contribution in [1.29, 1.82) is 0 Å². The first kappa shape index (κ1) is 23.5. The molecule has 0 unspecified atom stereocenters. The van der Waals surface area contributed by atoms with Crippen LogP contribution >= 0.6 is 34.5 Å². The number of aromatic nitrogens is 2. The largest absolute Gasteiger partial charge is 0.466 e. The molecule has 1 N–H and O–H groups in total. The Bertz CT molecular complexity index is 1160. The molecule has 0 spiro atoms. The second kappa shape index (κ2) is 10.5. The summed E-state index contributed by atoms with van der Waals surface area (Å²) in [5.41, 5.74) is 1.94. The molecule has 7 nitrogen and oxygen atoms in total. The van der Waals surface area contributed by atoms with Gasteiger partial charge in [-0.1, -0.05) is 35.3 Å². The molecule has 2 aromatic heterocycles. The molecule has 4 rings (SSSR count). The number of carbonyl (C=O) groups excluding carboxylic acids is 2. The highest BCUT2D eigenvalue weighted by molar-refractivity contribution is 7.14. The van der Waals surface area contributed by atoms with E-state index in [2.05, 4.69) is 15.3 Å². The number of rotatable bonds is 6. The Hall–Kier alpha value is -2.68. The number of halogens is 2. The molecular weight excluding hydrogens is 483 g/mol. The molecule has 33 heavy (non-hydrogen) atoms. The van der Waals surface area contributed by atoms with Crippen molar-refractivity contribution in [1.82, 2.24) is 9.97 Å². The molecule has 3 aromatic rings. The SMILES string of the molecule is CCOC(=O)C1CCN(c2ncc(C(=O)Nc3nc(-c4cccc(Cl)c4)cs3)cc2Cl)CC1. The van der Waals surface area contributed by atoms with Crippen LogP contribution in [0.3, 0.4) is 0 Å². The fourth-order valence-electron chi connectivity index (χ4n) is 3.66. The molecule has 1 aliphatic heterocycles. The lowest BCUT2D eigenvalue weighted by Gasteiger charge is -2.32. The highest BCUT2D eigenvalue weighted by atomic mass is 35.5. The summed E-state index contributed by atoms with van der Waals surface area (Å²) in [5.74, 6) is 0.0148. The highest BCUT2D eigenvalue weighted by Gasteiger charge is 2.27. The number of esters is 1. The van der Waals surface area contributed by atoms with Crippen LogP contribution in [0, 0.1) is 5.92 Å². The molecule has 1 saturated heterocycles. The third-order valence-electron chi connectivity index (χ3n) is 5.34. The lowest BCUT2D eigenvalue weighted by Crippen LogP contribution is -2.37. The van der Waals surface area contributed by atoms with Crippen LogP contribution in [0.15, 0.2) is 41.9 Å². The molecule has 3 heterocycles. The highest BCUT2D eigenvalue weighted by Crippen LogP contribution is 2.30. The van der Waals surface area contributed by atoms with Gasteiger partial charge in [-0.05, 0) is 38.0 Å². The summed E-state index contributed by atoms with van der Waals surface area (Å²) in [6.45, 7) is 3.49. The van der Waals surface area contributed by atoms with Crippen molar-refractivity contribution >= 4 is 57.4 Å². The topological polar surface area (TPSA) is 84.4 Å². The maximum atomic E-state index is 12.7. The van der Waals surface area contributed by atoms with Crippen LogP contribution < -0.4 is 10.2 Å². The predicted molar refractivity (Wildman–Crippen MR) is 131 cm³/mol. The van der Waals surface area contributed by atoms with E-state index in [0.717, 1.165) is 11.3 Å². The van der Waals surface area contributed by atoms with Crippen molar-refractivity contribution in [2.75, 3.05) is 29.9 Å². The van der Waals surface area contributed by atoms with Gasteiger partial charge in [-0.3, -0.25) is 14.9 Å². The van der Waals surface area contributed by atoms with Crippen molar-refractivity contribution in [2.45, 2.75) is 19.8 Å². The van der Waals surface area contributed by atoms with E-state index in [1.807, 2.05) is 28.5 Å². The Labute approximate surface area is 205 Å². The number of amides is 1. The van der Waals surface area contributed by atoms with Gasteiger partial charge in [-0.25, -0.2) is 9.97 Å². The number of pyridine rings is 1. The number of piperidine rings is 1.